The molecule has 0 unspecified atom stereocenters. The Morgan fingerprint density at radius 3 is 3.06 bits per heavy atom. The zero-order chi connectivity index (χ0) is 11.4. The van der Waals surface area contributed by atoms with Crippen molar-refractivity contribution in [3.63, 3.8) is 0 Å². The lowest BCUT2D eigenvalue weighted by molar-refractivity contribution is 0.262. The van der Waals surface area contributed by atoms with E-state index in [1.54, 1.807) is 0 Å². The number of tetrazole rings is 1. The normalized spacial score (nSPS) is 17.8. The van der Waals surface area contributed by atoms with Gasteiger partial charge in [0.15, 0.2) is 0 Å². The molecule has 0 aromatic carbocycles. The fourth-order valence-electron chi connectivity index (χ4n) is 1.80. The number of hydrogen-bond donors (Lipinski definition) is 1. The standard InChI is InChI=1S/C10H18N6/c1-15(2)6-7-16-5-3-4-9(8-16)10-11-13-14-12-10/h4H,3,5-8H2,1-2H3,(H,11,12,13,14). The Bertz CT molecular complexity index is 342. The van der Waals surface area contributed by atoms with Crippen molar-refractivity contribution in [1.29, 1.82) is 0 Å². The molecule has 1 aromatic heterocycles. The molecular weight excluding hydrogens is 204 g/mol. The zero-order valence-electron chi connectivity index (χ0n) is 9.85. The van der Waals surface area contributed by atoms with E-state index in [1.165, 1.54) is 5.57 Å². The third-order valence-electron chi connectivity index (χ3n) is 2.73. The van der Waals surface area contributed by atoms with E-state index in [0.717, 1.165) is 38.4 Å². The number of aromatic amines is 1. The maximum absolute atomic E-state index is 4.02. The molecule has 2 rings (SSSR count). The van der Waals surface area contributed by atoms with Crippen LogP contribution in [0.15, 0.2) is 6.08 Å². The summed E-state index contributed by atoms with van der Waals surface area (Å²) in [5.74, 6) is 0.731. The Labute approximate surface area is 95.3 Å². The predicted octanol–water partition coefficient (Wildman–Crippen LogP) is -0.150. The Kier molecular flexibility index (Phi) is 3.63. The highest BCUT2D eigenvalue weighted by molar-refractivity contribution is 5.61. The molecule has 0 radical (unpaired) electrons. The maximum atomic E-state index is 4.02. The molecule has 0 spiro atoms. The Morgan fingerprint density at radius 1 is 1.50 bits per heavy atom. The van der Waals surface area contributed by atoms with Crippen LogP contribution in [0.3, 0.4) is 0 Å². The topological polar surface area (TPSA) is 60.9 Å². The molecule has 0 saturated heterocycles. The van der Waals surface area contributed by atoms with Gasteiger partial charge in [0.1, 0.15) is 0 Å². The molecule has 0 saturated carbocycles. The Balaban J connectivity index is 1.91. The lowest BCUT2D eigenvalue weighted by Crippen LogP contribution is -2.35. The summed E-state index contributed by atoms with van der Waals surface area (Å²) in [6.07, 6.45) is 3.27. The minimum Gasteiger partial charge on any atom is -0.308 e. The largest absolute Gasteiger partial charge is 0.308 e. The molecule has 0 fully saturated rings. The first-order chi connectivity index (χ1) is 7.75. The van der Waals surface area contributed by atoms with Gasteiger partial charge in [0.2, 0.25) is 5.82 Å². The van der Waals surface area contributed by atoms with E-state index in [1.807, 2.05) is 0 Å². The van der Waals surface area contributed by atoms with Gasteiger partial charge in [0.25, 0.3) is 0 Å². The van der Waals surface area contributed by atoms with Crippen molar-refractivity contribution in [2.45, 2.75) is 6.42 Å². The number of H-pyrrole nitrogens is 1. The van der Waals surface area contributed by atoms with Crippen molar-refractivity contribution in [3.8, 4) is 0 Å². The van der Waals surface area contributed by atoms with E-state index in [-0.39, 0.29) is 0 Å². The summed E-state index contributed by atoms with van der Waals surface area (Å²) in [6, 6.07) is 0. The highest BCUT2D eigenvalue weighted by atomic mass is 15.5. The second kappa shape index (κ2) is 5.18. The van der Waals surface area contributed by atoms with E-state index in [2.05, 4.69) is 50.6 Å². The summed E-state index contributed by atoms with van der Waals surface area (Å²) < 4.78 is 0. The zero-order valence-corrected chi connectivity index (χ0v) is 9.85. The first kappa shape index (κ1) is 11.2. The van der Waals surface area contributed by atoms with Crippen LogP contribution in [-0.2, 0) is 0 Å². The van der Waals surface area contributed by atoms with E-state index in [9.17, 15) is 0 Å². The Hall–Kier alpha value is -1.27. The first-order valence-corrected chi connectivity index (χ1v) is 5.55. The SMILES string of the molecule is CN(C)CCN1CCC=C(c2nn[nH]n2)C1. The van der Waals surface area contributed by atoms with E-state index >= 15 is 0 Å². The molecule has 1 aliphatic rings. The molecule has 0 amide bonds. The quantitative estimate of drug-likeness (QED) is 0.767. The smallest absolute Gasteiger partial charge is 0.201 e. The fourth-order valence-corrected chi connectivity index (χ4v) is 1.80. The van der Waals surface area contributed by atoms with Crippen molar-refractivity contribution >= 4 is 5.57 Å². The summed E-state index contributed by atoms with van der Waals surface area (Å²) in [4.78, 5) is 4.62. The number of nitrogens with zero attached hydrogens (tertiary/aromatic N) is 5. The van der Waals surface area contributed by atoms with Crippen LogP contribution >= 0.6 is 0 Å². The van der Waals surface area contributed by atoms with Gasteiger partial charge < -0.3 is 4.90 Å². The van der Waals surface area contributed by atoms with Crippen LogP contribution < -0.4 is 0 Å². The Morgan fingerprint density at radius 2 is 2.38 bits per heavy atom. The maximum Gasteiger partial charge on any atom is 0.201 e. The summed E-state index contributed by atoms with van der Waals surface area (Å²) in [5, 5.41) is 14.1. The van der Waals surface area contributed by atoms with E-state index in [0.29, 0.717) is 0 Å². The van der Waals surface area contributed by atoms with Crippen LogP contribution in [0.2, 0.25) is 0 Å². The molecule has 6 nitrogen and oxygen atoms in total. The molecule has 0 aliphatic carbocycles. The summed E-state index contributed by atoms with van der Waals surface area (Å²) in [6.45, 7) is 4.21. The van der Waals surface area contributed by atoms with Crippen LogP contribution in [0, 0.1) is 0 Å². The van der Waals surface area contributed by atoms with Gasteiger partial charge in [-0.1, -0.05) is 6.08 Å². The molecular formula is C10H18N6. The summed E-state index contributed by atoms with van der Waals surface area (Å²) >= 11 is 0. The molecule has 1 aliphatic heterocycles. The molecule has 16 heavy (non-hydrogen) atoms. The highest BCUT2D eigenvalue weighted by Crippen LogP contribution is 2.16. The molecule has 1 aromatic rings. The van der Waals surface area contributed by atoms with Crippen LogP contribution in [0.4, 0.5) is 0 Å². The van der Waals surface area contributed by atoms with Gasteiger partial charge in [-0.05, 0) is 25.7 Å². The summed E-state index contributed by atoms with van der Waals surface area (Å²) in [7, 11) is 4.19. The monoisotopic (exact) mass is 222 g/mol. The lowest BCUT2D eigenvalue weighted by Gasteiger charge is -2.27. The third kappa shape index (κ3) is 2.86. The predicted molar refractivity (Wildman–Crippen MR) is 61.8 cm³/mol. The average Bonchev–Trinajstić information content (AvgIpc) is 2.80. The number of likely N-dealkylation sites (N-methyl/N-ethyl adjacent to an activating group) is 1. The van der Waals surface area contributed by atoms with Crippen LogP contribution in [0.5, 0.6) is 0 Å². The number of nitrogens with one attached hydrogen (secondary N) is 1. The fraction of sp³-hybridized carbons (Fsp3) is 0.700. The van der Waals surface area contributed by atoms with Gasteiger partial charge in [0, 0.05) is 31.8 Å². The van der Waals surface area contributed by atoms with Gasteiger partial charge in [-0.3, -0.25) is 4.90 Å². The first-order valence-electron chi connectivity index (χ1n) is 5.55. The number of hydrogen-bond acceptors (Lipinski definition) is 5. The van der Waals surface area contributed by atoms with Crippen molar-refractivity contribution in [2.24, 2.45) is 0 Å². The molecule has 0 atom stereocenters. The van der Waals surface area contributed by atoms with Gasteiger partial charge in [-0.2, -0.15) is 5.21 Å². The minimum absolute atomic E-state index is 0.731. The summed E-state index contributed by atoms with van der Waals surface area (Å²) in [5.41, 5.74) is 1.18. The second-order valence-electron chi connectivity index (χ2n) is 4.33. The molecule has 88 valence electrons. The van der Waals surface area contributed by atoms with Gasteiger partial charge in [0.05, 0.1) is 0 Å². The third-order valence-corrected chi connectivity index (χ3v) is 2.73. The van der Waals surface area contributed by atoms with Crippen molar-refractivity contribution in [3.05, 3.63) is 11.9 Å². The van der Waals surface area contributed by atoms with Gasteiger partial charge in [-0.25, -0.2) is 0 Å². The lowest BCUT2D eigenvalue weighted by atomic mass is 10.1. The molecule has 1 N–H and O–H groups in total. The van der Waals surface area contributed by atoms with Crippen LogP contribution in [0.1, 0.15) is 12.2 Å². The number of aromatic nitrogens is 4. The minimum atomic E-state index is 0.731. The van der Waals surface area contributed by atoms with Crippen molar-refractivity contribution in [2.75, 3.05) is 40.3 Å². The average molecular weight is 222 g/mol. The number of rotatable bonds is 4. The molecule has 2 heterocycles. The van der Waals surface area contributed by atoms with E-state index < -0.39 is 0 Å². The van der Waals surface area contributed by atoms with Crippen LogP contribution in [0.25, 0.3) is 5.57 Å². The molecule has 6 heteroatoms. The molecule has 0 bridgehead atoms. The second-order valence-corrected chi connectivity index (χ2v) is 4.33. The highest BCUT2D eigenvalue weighted by Gasteiger charge is 2.16. The van der Waals surface area contributed by atoms with Gasteiger partial charge >= 0.3 is 0 Å². The van der Waals surface area contributed by atoms with Gasteiger partial charge in [-0.15, -0.1) is 10.2 Å². The van der Waals surface area contributed by atoms with Crippen LogP contribution in [-0.4, -0.2) is 70.7 Å². The van der Waals surface area contributed by atoms with Crippen molar-refractivity contribution in [1.82, 2.24) is 30.4 Å². The van der Waals surface area contributed by atoms with E-state index in [4.69, 9.17) is 0 Å². The van der Waals surface area contributed by atoms with Crippen molar-refractivity contribution < 1.29 is 0 Å².